The summed E-state index contributed by atoms with van der Waals surface area (Å²) in [5, 5.41) is 164. The number of phenols is 3. The van der Waals surface area contributed by atoms with Gasteiger partial charge in [0, 0.05) is 69.1 Å². The third-order valence-corrected chi connectivity index (χ3v) is 23.4. The number of primary amides is 1. The average Bonchev–Trinajstić information content (AvgIpc) is 0.757. The smallest absolute Gasteiger partial charge is 0.255 e. The van der Waals surface area contributed by atoms with Crippen LogP contribution >= 0.6 is 46.4 Å². The third kappa shape index (κ3) is 22.2. The fourth-order valence-corrected chi connectivity index (χ4v) is 16.8. The van der Waals surface area contributed by atoms with E-state index in [9.17, 15) is 75.7 Å². The van der Waals surface area contributed by atoms with Gasteiger partial charge in [-0.25, -0.2) is 0 Å². The van der Waals surface area contributed by atoms with E-state index in [4.69, 9.17) is 101 Å². The number of aliphatic hydroxyl groups is 9. The molecule has 25 N–H and O–H groups in total. The van der Waals surface area contributed by atoms with Crippen LogP contribution in [0.4, 0.5) is 5.69 Å². The molecule has 7 aromatic rings. The van der Waals surface area contributed by atoms with E-state index in [1.54, 1.807) is 24.3 Å². The van der Waals surface area contributed by atoms with E-state index in [2.05, 4.69) is 47.9 Å². The molecule has 15 rings (SSSR count). The number of aliphatic hydroxyl groups excluding tert-OH is 9. The summed E-state index contributed by atoms with van der Waals surface area (Å²) in [6.07, 6.45) is -31.5. The number of phenolic OH excluding ortho intramolecular Hbond substituents is 3. The van der Waals surface area contributed by atoms with Crippen LogP contribution in [0.2, 0.25) is 20.1 Å². The van der Waals surface area contributed by atoms with Crippen LogP contribution in [0.5, 0.6) is 46.0 Å². The zero-order chi connectivity index (χ0) is 94.5. The number of anilines is 1. The Kier molecular flexibility index (Phi) is 31.6. The quantitative estimate of drug-likeness (QED) is 0.0519. The van der Waals surface area contributed by atoms with Crippen molar-refractivity contribution in [1.82, 2.24) is 42.5 Å². The van der Waals surface area contributed by atoms with Crippen LogP contribution in [0.25, 0.3) is 11.1 Å². The number of ether oxygens (including phenoxy) is 8. The number of amides is 8. The maximum Gasteiger partial charge on any atom is 0.255 e. The second-order valence-corrected chi connectivity index (χ2v) is 34.1. The highest BCUT2D eigenvalue weighted by Crippen LogP contribution is 2.50. The predicted molar refractivity (Wildman–Crippen MR) is 459 cm³/mol. The van der Waals surface area contributed by atoms with Crippen molar-refractivity contribution in [3.05, 3.63) is 180 Å². The minimum atomic E-state index is -2.41. The zero-order valence-corrected chi connectivity index (χ0v) is 72.8. The topological polar surface area (TPSA) is 631 Å². The van der Waals surface area contributed by atoms with Crippen molar-refractivity contribution in [3.8, 4) is 57.1 Å². The molecule has 44 heteroatoms. The van der Waals surface area contributed by atoms with Crippen LogP contribution in [-0.4, -0.2) is 245 Å². The Morgan fingerprint density at radius 2 is 1.26 bits per heavy atom. The standard InChI is InChI=1S/C85H95Cl4N11O28.CH2O/c1-32(2)15-48(92-5)77(115)98-63-65(106)36-10-13-52(46(88)20-36)122-54-22-38-23-55(72(54)127-84-70(111)68(109)73(57(31-101)125-84)128-83-69(110)67(108)66(107)56(124-83)30-93-29-34-7-6-8-42(16-34)94-75(113)39-17-40(86)24-41(87)18-39)123-53-14-11-37(21-47(53)89)71(126-59-28-85(4,91)74(112)33(3)121-59)64-82(120)100-76(114)45-25-43(102)26-51(104)60(45)44-19-35(9-12-50(44)103)61(79(117)99-64)97-80(118)62(38)96-78(116)49(27-58(90)105)95-81(63)119;1-2/h6-14,16-26,32-33,48-49,56-57,59,61-71,73-74,76,83-84,92-93,101-104,106-112,114H,15,27-31,91H2,1-5H3,(H2,90,105)(H,94,113)(H,95,119)(H,96,116)(H,97,118)(H,98,115)(H,99,117)(H,100,120);1H2/t33-,48+,49-,56+,57+,59-,61-,62+,63?,64-,65+,66-,67-,68+,69+,70+,71+,73+,74-,76-,83-,84-,85-;/m0./s1. The van der Waals surface area contributed by atoms with Gasteiger partial charge in [0.1, 0.15) is 127 Å². The fourth-order valence-electron chi connectivity index (χ4n) is 15.8. The summed E-state index contributed by atoms with van der Waals surface area (Å²) in [4.78, 5) is 127. The number of likely N-dealkylation sites (N-methyl/N-ethyl adjacent to an activating group) is 1. The van der Waals surface area contributed by atoms with Gasteiger partial charge in [0.05, 0.1) is 41.3 Å². The molecule has 3 saturated heterocycles. The molecule has 8 aliphatic heterocycles. The summed E-state index contributed by atoms with van der Waals surface area (Å²) in [5.41, 5.74) is 9.61. The van der Waals surface area contributed by atoms with E-state index >= 15 is 24.0 Å². The number of hydrogen-bond acceptors (Lipinski definition) is 32. The highest BCUT2D eigenvalue weighted by Gasteiger charge is 2.53. The van der Waals surface area contributed by atoms with Gasteiger partial charge < -0.3 is 163 Å². The van der Waals surface area contributed by atoms with Crippen LogP contribution < -0.4 is 73.5 Å². The molecule has 40 nitrogen and oxygen atoms in total. The highest BCUT2D eigenvalue weighted by atomic mass is 35.5. The highest BCUT2D eigenvalue weighted by molar-refractivity contribution is 6.35. The summed E-state index contributed by atoms with van der Waals surface area (Å²) in [6.45, 7) is 7.24. The first-order valence-corrected chi connectivity index (χ1v) is 42.1. The van der Waals surface area contributed by atoms with Gasteiger partial charge in [-0.2, -0.15) is 0 Å². The largest absolute Gasteiger partial charge is 0.508 e. The van der Waals surface area contributed by atoms with E-state index in [1.807, 2.05) is 20.6 Å². The molecule has 698 valence electrons. The van der Waals surface area contributed by atoms with Gasteiger partial charge in [-0.1, -0.05) is 90.6 Å². The molecule has 7 aromatic carbocycles. The van der Waals surface area contributed by atoms with Crippen molar-refractivity contribution in [2.24, 2.45) is 17.4 Å². The third-order valence-electron chi connectivity index (χ3n) is 22.4. The molecule has 0 radical (unpaired) electrons. The first kappa shape index (κ1) is 98.3. The lowest BCUT2D eigenvalue weighted by Gasteiger charge is -2.46. The summed E-state index contributed by atoms with van der Waals surface area (Å²) >= 11 is 26.8. The summed E-state index contributed by atoms with van der Waals surface area (Å²) < 4.78 is 51.3. The minimum absolute atomic E-state index is 0.0566. The minimum Gasteiger partial charge on any atom is -0.508 e. The summed E-state index contributed by atoms with van der Waals surface area (Å²) in [7, 11) is 1.46. The van der Waals surface area contributed by atoms with Gasteiger partial charge in [0.15, 0.2) is 30.3 Å². The lowest BCUT2D eigenvalue weighted by Crippen LogP contribution is -2.65. The van der Waals surface area contributed by atoms with Crippen LogP contribution in [-0.2, 0) is 68.6 Å². The maximum atomic E-state index is 16.4. The number of carbonyl (C=O) groups excluding carboxylic acids is 9. The molecule has 130 heavy (non-hydrogen) atoms. The van der Waals surface area contributed by atoms with Crippen LogP contribution in [0.15, 0.2) is 121 Å². The summed E-state index contributed by atoms with van der Waals surface area (Å²) in [5.74, 6) is -14.8. The van der Waals surface area contributed by atoms with Gasteiger partial charge >= 0.3 is 0 Å². The Morgan fingerprint density at radius 3 is 1.90 bits per heavy atom. The van der Waals surface area contributed by atoms with Gasteiger partial charge in [-0.15, -0.1) is 0 Å². The number of carbonyl (C=O) groups is 9. The molecule has 0 aliphatic carbocycles. The normalized spacial score (nSPS) is 28.9. The number of rotatable bonds is 20. The number of halogens is 4. The van der Waals surface area contributed by atoms with E-state index in [-0.39, 0.29) is 64.1 Å². The van der Waals surface area contributed by atoms with E-state index in [1.165, 1.54) is 63.4 Å². The Balaban J connectivity index is 0.00000759. The average molecular weight is 1890 g/mol. The number of aromatic hydroxyl groups is 3. The molecule has 0 aromatic heterocycles. The second kappa shape index (κ2) is 41.8. The second-order valence-electron chi connectivity index (χ2n) is 32.4. The van der Waals surface area contributed by atoms with E-state index < -0.39 is 279 Å². The molecule has 11 bridgehead atoms. The Hall–Kier alpha value is -10.8. The first-order chi connectivity index (χ1) is 61.6. The molecule has 3 fully saturated rings. The fraction of sp³-hybridized carbons (Fsp3) is 0.407. The van der Waals surface area contributed by atoms with Gasteiger partial charge in [0.25, 0.3) is 5.91 Å². The predicted octanol–water partition coefficient (Wildman–Crippen LogP) is 1.97. The lowest BCUT2D eigenvalue weighted by atomic mass is 9.86. The molecule has 0 spiro atoms. The molecule has 8 heterocycles. The van der Waals surface area contributed by atoms with Gasteiger partial charge in [-0.05, 0) is 146 Å². The summed E-state index contributed by atoms with van der Waals surface area (Å²) in [6, 6.07) is 12.8. The first-order valence-electron chi connectivity index (χ1n) is 40.6. The van der Waals surface area contributed by atoms with Crippen LogP contribution in [0.1, 0.15) is 121 Å². The van der Waals surface area contributed by atoms with Crippen molar-refractivity contribution in [2.45, 2.75) is 194 Å². The van der Waals surface area contributed by atoms with E-state index in [0.29, 0.717) is 11.3 Å². The van der Waals surface area contributed by atoms with Crippen LogP contribution in [0, 0.1) is 5.92 Å². The molecule has 1 unspecified atom stereocenters. The van der Waals surface area contributed by atoms with Crippen LogP contribution in [0.3, 0.4) is 0 Å². The molecular weight excluding hydrogens is 1790 g/mol. The zero-order valence-electron chi connectivity index (χ0n) is 69.7. The SMILES string of the molecule is C=O.CN[C@H](CC(C)C)C(=O)NC1C(=O)N[C@@H](CC(N)=O)C(=O)N[C@H]2C(=O)N[C@@H]3C(=O)N[C@H](C(=O)N[C@@H](O)c4cc(O)cc(O)c4-c4cc3ccc4O)[C@H](O[C@H]3C[C@](C)(N)[C@@H](O)[C@H](C)O3)c3ccc(c(Cl)c3)Oc3cc2cc(c3O[C@@H]2O[C@H](CO)[C@@H](O[C@@H]3O[C@H](CNCc4cccc(NC(=O)c5cc(Cl)cc(Cl)c5)c4)[C@H](O)[C@H](O)[C@H]3O)[C@H](O)[C@H]2O)Oc2ccc(cc2Cl)[C@H]1O. The number of nitrogens with two attached hydrogens (primary N) is 2. The Bertz CT molecular complexity index is 5380. The number of benzene rings is 7. The van der Waals surface area contributed by atoms with Gasteiger partial charge in [-0.3, -0.25) is 38.4 Å². The molecule has 8 aliphatic rings. The Labute approximate surface area is 761 Å². The number of fused-ring (bicyclic) bond motifs is 15. The van der Waals surface area contributed by atoms with Crippen molar-refractivity contribution in [3.63, 3.8) is 0 Å². The van der Waals surface area contributed by atoms with Crippen molar-refractivity contribution >= 4 is 106 Å². The van der Waals surface area contributed by atoms with Gasteiger partial charge in [0.2, 0.25) is 53.4 Å². The number of nitrogens with one attached hydrogen (secondary N) is 9. The maximum absolute atomic E-state index is 16.4. The van der Waals surface area contributed by atoms with E-state index in [0.717, 1.165) is 54.6 Å². The monoisotopic (exact) mass is 1890 g/mol. The molecular formula is C86H97Cl4N11O29. The molecule has 23 atom stereocenters. The number of hydrogen-bond donors (Lipinski definition) is 23. The van der Waals surface area contributed by atoms with Crippen molar-refractivity contribution in [1.29, 1.82) is 0 Å². The Morgan fingerprint density at radius 1 is 0.638 bits per heavy atom. The molecule has 8 amide bonds. The van der Waals surface area contributed by atoms with Crippen molar-refractivity contribution in [2.75, 3.05) is 25.5 Å². The molecule has 0 saturated carbocycles. The van der Waals surface area contributed by atoms with Crippen molar-refractivity contribution < 1.29 is 142 Å². The lowest BCUT2D eigenvalue weighted by molar-refractivity contribution is -0.350.